The number of hydrogen-bond donors (Lipinski definition) is 1. The lowest BCUT2D eigenvalue weighted by atomic mass is 9.98. The molecular formula is C18H20FN3O5. The Morgan fingerprint density at radius 2 is 2.19 bits per heavy atom. The van der Waals surface area contributed by atoms with Crippen LogP contribution >= 0.6 is 0 Å². The van der Waals surface area contributed by atoms with Crippen molar-refractivity contribution in [3.05, 3.63) is 35.7 Å². The van der Waals surface area contributed by atoms with Gasteiger partial charge in [0.1, 0.15) is 12.4 Å². The fraction of sp³-hybridized carbons (Fsp3) is 0.389. The van der Waals surface area contributed by atoms with Gasteiger partial charge < -0.3 is 20.1 Å². The van der Waals surface area contributed by atoms with Crippen molar-refractivity contribution >= 4 is 29.2 Å². The van der Waals surface area contributed by atoms with E-state index < -0.39 is 23.9 Å². The third-order valence-electron chi connectivity index (χ3n) is 4.57. The number of ether oxygens (including phenoxy) is 2. The van der Waals surface area contributed by atoms with Gasteiger partial charge in [-0.25, -0.2) is 9.18 Å². The van der Waals surface area contributed by atoms with Gasteiger partial charge in [0.05, 0.1) is 12.2 Å². The van der Waals surface area contributed by atoms with Crippen LogP contribution in [-0.4, -0.2) is 62.3 Å². The molecule has 0 unspecified atom stereocenters. The van der Waals surface area contributed by atoms with Gasteiger partial charge in [-0.3, -0.25) is 14.5 Å². The highest BCUT2D eigenvalue weighted by Crippen LogP contribution is 2.29. The SMILES string of the molecule is COCC(=O)N1CC=C(c2ccc(N3C[C@H](C(N)=O)OC3=O)cc2F)CC1. The zero-order chi connectivity index (χ0) is 19.6. The molecule has 0 bridgehead atoms. The predicted octanol–water partition coefficient (Wildman–Crippen LogP) is 0.898. The minimum atomic E-state index is -1.04. The average molecular weight is 377 g/mol. The number of rotatable bonds is 5. The fourth-order valence-electron chi connectivity index (χ4n) is 3.11. The van der Waals surface area contributed by atoms with E-state index in [1.165, 1.54) is 18.1 Å². The van der Waals surface area contributed by atoms with E-state index in [4.69, 9.17) is 15.2 Å². The topological polar surface area (TPSA) is 102 Å². The summed E-state index contributed by atoms with van der Waals surface area (Å²) in [6.07, 6.45) is 0.538. The minimum Gasteiger partial charge on any atom is -0.434 e. The molecule has 1 saturated heterocycles. The summed E-state index contributed by atoms with van der Waals surface area (Å²) in [7, 11) is 1.46. The summed E-state index contributed by atoms with van der Waals surface area (Å²) in [6.45, 7) is 0.835. The molecule has 144 valence electrons. The van der Waals surface area contributed by atoms with E-state index in [0.29, 0.717) is 30.8 Å². The van der Waals surface area contributed by atoms with Crippen LogP contribution in [-0.2, 0) is 19.1 Å². The van der Waals surface area contributed by atoms with Gasteiger partial charge in [0.2, 0.25) is 5.91 Å². The van der Waals surface area contributed by atoms with E-state index in [1.807, 2.05) is 6.08 Å². The van der Waals surface area contributed by atoms with E-state index in [2.05, 4.69) is 0 Å². The Morgan fingerprint density at radius 1 is 1.41 bits per heavy atom. The van der Waals surface area contributed by atoms with Gasteiger partial charge in [-0.15, -0.1) is 0 Å². The maximum absolute atomic E-state index is 14.6. The molecule has 3 amide bonds. The largest absolute Gasteiger partial charge is 0.434 e. The molecule has 9 heteroatoms. The lowest BCUT2D eigenvalue weighted by Crippen LogP contribution is -2.37. The van der Waals surface area contributed by atoms with Crippen LogP contribution in [0.1, 0.15) is 12.0 Å². The first-order valence-electron chi connectivity index (χ1n) is 8.44. The standard InChI is InChI=1S/C18H20FN3O5/c1-26-10-16(23)21-6-4-11(5-7-21)13-3-2-12(8-14(13)19)22-9-15(17(20)24)27-18(22)25/h2-4,8,15H,5-7,9-10H2,1H3,(H2,20,24)/t15-/m1/s1. The molecule has 2 N–H and O–H groups in total. The number of anilines is 1. The molecule has 2 aliphatic heterocycles. The first-order valence-corrected chi connectivity index (χ1v) is 8.44. The van der Waals surface area contributed by atoms with Gasteiger partial charge in [-0.2, -0.15) is 0 Å². The van der Waals surface area contributed by atoms with Crippen LogP contribution in [0.4, 0.5) is 14.9 Å². The molecule has 1 aromatic rings. The second kappa shape index (κ2) is 7.75. The average Bonchev–Trinajstić information content (AvgIpc) is 3.04. The van der Waals surface area contributed by atoms with Crippen LogP contribution in [0.3, 0.4) is 0 Å². The number of amides is 3. The highest BCUT2D eigenvalue weighted by Gasteiger charge is 2.36. The van der Waals surface area contributed by atoms with Crippen molar-refractivity contribution in [2.24, 2.45) is 5.73 Å². The Hall–Kier alpha value is -2.94. The highest BCUT2D eigenvalue weighted by molar-refractivity contribution is 5.95. The van der Waals surface area contributed by atoms with Gasteiger partial charge in [0.25, 0.3) is 5.91 Å². The molecule has 1 aromatic carbocycles. The molecule has 2 aliphatic rings. The molecule has 3 rings (SSSR count). The van der Waals surface area contributed by atoms with Crippen LogP contribution in [0.25, 0.3) is 5.57 Å². The number of methoxy groups -OCH3 is 1. The van der Waals surface area contributed by atoms with Gasteiger partial charge in [-0.05, 0) is 30.2 Å². The molecule has 0 aliphatic carbocycles. The zero-order valence-corrected chi connectivity index (χ0v) is 14.8. The van der Waals surface area contributed by atoms with E-state index in [0.717, 1.165) is 5.57 Å². The number of benzene rings is 1. The molecule has 0 spiro atoms. The van der Waals surface area contributed by atoms with E-state index >= 15 is 0 Å². The number of carbonyl (C=O) groups excluding carboxylic acids is 3. The summed E-state index contributed by atoms with van der Waals surface area (Å²) >= 11 is 0. The lowest BCUT2D eigenvalue weighted by Gasteiger charge is -2.26. The Balaban J connectivity index is 1.73. The van der Waals surface area contributed by atoms with Crippen molar-refractivity contribution < 1.29 is 28.2 Å². The van der Waals surface area contributed by atoms with Crippen LogP contribution in [0.5, 0.6) is 0 Å². The monoisotopic (exact) mass is 377 g/mol. The predicted molar refractivity (Wildman–Crippen MR) is 94.3 cm³/mol. The third-order valence-corrected chi connectivity index (χ3v) is 4.57. The van der Waals surface area contributed by atoms with Crippen molar-refractivity contribution in [3.8, 4) is 0 Å². The third kappa shape index (κ3) is 3.92. The molecule has 1 fully saturated rings. The van der Waals surface area contributed by atoms with Crippen LogP contribution < -0.4 is 10.6 Å². The molecule has 2 heterocycles. The van der Waals surface area contributed by atoms with Crippen LogP contribution in [0.2, 0.25) is 0 Å². The number of carbonyl (C=O) groups is 3. The normalized spacial score (nSPS) is 19.7. The molecular weight excluding hydrogens is 357 g/mol. The van der Waals surface area contributed by atoms with Gasteiger partial charge in [-0.1, -0.05) is 6.08 Å². The number of halogens is 1. The smallest absolute Gasteiger partial charge is 0.415 e. The van der Waals surface area contributed by atoms with Crippen molar-refractivity contribution in [2.45, 2.75) is 12.5 Å². The number of nitrogens with two attached hydrogens (primary N) is 1. The van der Waals surface area contributed by atoms with Crippen LogP contribution in [0, 0.1) is 5.82 Å². The molecule has 0 saturated carbocycles. The van der Waals surface area contributed by atoms with Gasteiger partial charge >= 0.3 is 6.09 Å². The van der Waals surface area contributed by atoms with Crippen molar-refractivity contribution in [2.75, 3.05) is 38.3 Å². The first kappa shape index (κ1) is 18.8. The zero-order valence-electron chi connectivity index (χ0n) is 14.8. The molecule has 0 radical (unpaired) electrons. The second-order valence-electron chi connectivity index (χ2n) is 6.30. The molecule has 1 atom stereocenters. The summed E-state index contributed by atoms with van der Waals surface area (Å²) in [5.74, 6) is -1.35. The number of primary amides is 1. The minimum absolute atomic E-state index is 0.0183. The number of hydrogen-bond acceptors (Lipinski definition) is 5. The summed E-state index contributed by atoms with van der Waals surface area (Å²) in [6, 6.07) is 4.39. The van der Waals surface area contributed by atoms with E-state index in [-0.39, 0.29) is 19.1 Å². The van der Waals surface area contributed by atoms with Gasteiger partial charge in [0.15, 0.2) is 6.10 Å². The van der Waals surface area contributed by atoms with Crippen LogP contribution in [0.15, 0.2) is 24.3 Å². The second-order valence-corrected chi connectivity index (χ2v) is 6.30. The Morgan fingerprint density at radius 3 is 2.74 bits per heavy atom. The van der Waals surface area contributed by atoms with E-state index in [9.17, 15) is 18.8 Å². The summed E-state index contributed by atoms with van der Waals surface area (Å²) < 4.78 is 24.3. The Bertz CT molecular complexity index is 810. The summed E-state index contributed by atoms with van der Waals surface area (Å²) in [4.78, 5) is 37.7. The number of nitrogens with zero attached hydrogens (tertiary/aromatic N) is 2. The molecule has 8 nitrogen and oxygen atoms in total. The first-order chi connectivity index (χ1) is 12.9. The quantitative estimate of drug-likeness (QED) is 0.821. The summed E-state index contributed by atoms with van der Waals surface area (Å²) in [5, 5.41) is 0. The molecule has 0 aromatic heterocycles. The lowest BCUT2D eigenvalue weighted by molar-refractivity contribution is -0.134. The highest BCUT2D eigenvalue weighted by atomic mass is 19.1. The maximum Gasteiger partial charge on any atom is 0.415 e. The Kier molecular flexibility index (Phi) is 5.41. The molecule has 27 heavy (non-hydrogen) atoms. The van der Waals surface area contributed by atoms with Gasteiger partial charge in [0, 0.05) is 25.8 Å². The van der Waals surface area contributed by atoms with Crippen molar-refractivity contribution in [1.29, 1.82) is 0 Å². The number of cyclic esters (lactones) is 1. The van der Waals surface area contributed by atoms with Crippen molar-refractivity contribution in [3.63, 3.8) is 0 Å². The Labute approximate surface area is 155 Å². The maximum atomic E-state index is 14.6. The van der Waals surface area contributed by atoms with E-state index in [1.54, 1.807) is 17.0 Å². The summed E-state index contributed by atoms with van der Waals surface area (Å²) in [5.41, 5.74) is 6.64. The van der Waals surface area contributed by atoms with Crippen molar-refractivity contribution in [1.82, 2.24) is 4.90 Å². The fourth-order valence-corrected chi connectivity index (χ4v) is 3.11.